The second-order valence-electron chi connectivity index (χ2n) is 6.08. The van der Waals surface area contributed by atoms with Crippen molar-refractivity contribution in [1.82, 2.24) is 9.97 Å². The van der Waals surface area contributed by atoms with Gasteiger partial charge in [0, 0.05) is 18.3 Å². The number of alkyl halides is 6. The topological polar surface area (TPSA) is 69.2 Å². The Morgan fingerprint density at radius 2 is 1.68 bits per heavy atom. The molecule has 0 N–H and O–H groups in total. The molecule has 1 aliphatic rings. The molecule has 152 valence electrons. The van der Waals surface area contributed by atoms with Gasteiger partial charge < -0.3 is 4.18 Å². The van der Waals surface area contributed by atoms with E-state index in [-0.39, 0.29) is 17.8 Å². The van der Waals surface area contributed by atoms with Gasteiger partial charge in [-0.3, -0.25) is 0 Å². The number of hydrogen-bond acceptors (Lipinski definition) is 5. The van der Waals surface area contributed by atoms with E-state index in [1.165, 1.54) is 12.1 Å². The van der Waals surface area contributed by atoms with E-state index in [0.29, 0.717) is 30.8 Å². The number of fused-ring (bicyclic) bond motifs is 1. The van der Waals surface area contributed by atoms with Crippen LogP contribution in [0.4, 0.5) is 26.3 Å². The van der Waals surface area contributed by atoms with Crippen LogP contribution in [0.15, 0.2) is 30.6 Å². The van der Waals surface area contributed by atoms with E-state index in [9.17, 15) is 34.8 Å². The van der Waals surface area contributed by atoms with Crippen LogP contribution in [0.2, 0.25) is 0 Å². The molecule has 28 heavy (non-hydrogen) atoms. The van der Waals surface area contributed by atoms with Gasteiger partial charge in [0.05, 0.1) is 5.56 Å². The van der Waals surface area contributed by atoms with Gasteiger partial charge in [-0.1, -0.05) is 12.1 Å². The lowest BCUT2D eigenvalue weighted by Gasteiger charge is -2.26. The Labute approximate surface area is 155 Å². The molecule has 1 aliphatic carbocycles. The lowest BCUT2D eigenvalue weighted by molar-refractivity contribution is -0.138. The first kappa shape index (κ1) is 20.4. The average molecular weight is 426 g/mol. The Hall–Kier alpha value is -2.37. The Balaban J connectivity index is 1.97. The van der Waals surface area contributed by atoms with Crippen LogP contribution >= 0.6 is 0 Å². The highest BCUT2D eigenvalue weighted by atomic mass is 32.2. The van der Waals surface area contributed by atoms with E-state index in [2.05, 4.69) is 14.2 Å². The molecule has 1 heterocycles. The highest BCUT2D eigenvalue weighted by molar-refractivity contribution is 7.88. The van der Waals surface area contributed by atoms with Crippen LogP contribution in [0.3, 0.4) is 0 Å². The predicted octanol–water partition coefficient (Wildman–Crippen LogP) is 4.19. The zero-order chi connectivity index (χ0) is 20.7. The maximum atomic E-state index is 12.7. The van der Waals surface area contributed by atoms with E-state index in [1.54, 1.807) is 0 Å². The summed E-state index contributed by atoms with van der Waals surface area (Å²) in [6.07, 6.45) is -2.22. The number of hydrogen-bond donors (Lipinski definition) is 0. The summed E-state index contributed by atoms with van der Waals surface area (Å²) in [5, 5.41) is 0. The number of halogens is 6. The molecule has 1 aromatic carbocycles. The number of benzene rings is 1. The number of rotatable bonds is 3. The fraction of sp³-hybridized carbons (Fsp3) is 0.375. The second kappa shape index (κ2) is 6.90. The molecule has 1 atom stereocenters. The summed E-state index contributed by atoms with van der Waals surface area (Å²) in [6, 6.07) is 3.94. The van der Waals surface area contributed by atoms with Crippen LogP contribution in [0.1, 0.15) is 41.3 Å². The van der Waals surface area contributed by atoms with Crippen molar-refractivity contribution in [2.75, 3.05) is 0 Å². The van der Waals surface area contributed by atoms with Crippen LogP contribution in [-0.4, -0.2) is 23.9 Å². The maximum absolute atomic E-state index is 12.7. The minimum atomic E-state index is -5.84. The van der Waals surface area contributed by atoms with E-state index in [0.717, 1.165) is 6.07 Å². The standard InChI is InChI=1S/C16H12F6N2O3S/c17-15(18,19)9-7-23-14(24-8-9)12-5-1-4-11-10(12)3-2-6-13(11)27-28(25,26)16(20,21)22/h2-3,6-8,12H,1,4-5H2. The molecule has 0 spiro atoms. The van der Waals surface area contributed by atoms with Gasteiger partial charge in [-0.25, -0.2) is 9.97 Å². The Kier molecular flexibility index (Phi) is 5.02. The van der Waals surface area contributed by atoms with Gasteiger partial charge in [0.2, 0.25) is 0 Å². The first-order valence-corrected chi connectivity index (χ1v) is 9.32. The number of aromatic nitrogens is 2. The summed E-state index contributed by atoms with van der Waals surface area (Å²) in [4.78, 5) is 7.48. The molecular formula is C16H12F6N2O3S. The molecule has 0 radical (unpaired) electrons. The fourth-order valence-corrected chi connectivity index (χ4v) is 3.48. The van der Waals surface area contributed by atoms with Crippen molar-refractivity contribution in [3.8, 4) is 5.75 Å². The molecular weight excluding hydrogens is 414 g/mol. The van der Waals surface area contributed by atoms with Gasteiger partial charge in [-0.15, -0.1) is 0 Å². The highest BCUT2D eigenvalue weighted by Gasteiger charge is 2.49. The van der Waals surface area contributed by atoms with E-state index >= 15 is 0 Å². The average Bonchev–Trinajstić information content (AvgIpc) is 2.60. The molecule has 0 bridgehead atoms. The largest absolute Gasteiger partial charge is 0.534 e. The van der Waals surface area contributed by atoms with Gasteiger partial charge in [-0.2, -0.15) is 34.8 Å². The van der Waals surface area contributed by atoms with Crippen LogP contribution in [-0.2, 0) is 22.7 Å². The molecule has 2 aromatic rings. The van der Waals surface area contributed by atoms with Crippen molar-refractivity contribution in [2.24, 2.45) is 0 Å². The van der Waals surface area contributed by atoms with Crippen molar-refractivity contribution < 1.29 is 38.9 Å². The molecule has 0 saturated carbocycles. The summed E-state index contributed by atoms with van der Waals surface area (Å²) in [6.45, 7) is 0. The lowest BCUT2D eigenvalue weighted by Crippen LogP contribution is -2.28. The summed E-state index contributed by atoms with van der Waals surface area (Å²) in [7, 11) is -5.84. The zero-order valence-corrected chi connectivity index (χ0v) is 14.7. The summed E-state index contributed by atoms with van der Waals surface area (Å²) >= 11 is 0. The van der Waals surface area contributed by atoms with Gasteiger partial charge in [-0.05, 0) is 36.5 Å². The molecule has 0 aliphatic heterocycles. The van der Waals surface area contributed by atoms with Gasteiger partial charge in [0.1, 0.15) is 11.6 Å². The van der Waals surface area contributed by atoms with Crippen molar-refractivity contribution in [3.63, 3.8) is 0 Å². The smallest absolute Gasteiger partial charge is 0.376 e. The summed E-state index contributed by atoms with van der Waals surface area (Å²) in [5.74, 6) is -1.00. The molecule has 0 amide bonds. The van der Waals surface area contributed by atoms with E-state index in [1.807, 2.05) is 0 Å². The zero-order valence-electron chi connectivity index (χ0n) is 13.9. The Morgan fingerprint density at radius 3 is 2.25 bits per heavy atom. The summed E-state index contributed by atoms with van der Waals surface area (Å²) in [5.41, 5.74) is -5.96. The van der Waals surface area contributed by atoms with Crippen molar-refractivity contribution in [3.05, 3.63) is 53.1 Å². The van der Waals surface area contributed by atoms with Crippen molar-refractivity contribution in [1.29, 1.82) is 0 Å². The third-order valence-corrected chi connectivity index (χ3v) is 5.22. The second-order valence-corrected chi connectivity index (χ2v) is 7.62. The van der Waals surface area contributed by atoms with Gasteiger partial charge in [0.15, 0.2) is 0 Å². The molecule has 0 fully saturated rings. The van der Waals surface area contributed by atoms with Crippen LogP contribution in [0.25, 0.3) is 0 Å². The Morgan fingerprint density at radius 1 is 1.04 bits per heavy atom. The highest BCUT2D eigenvalue weighted by Crippen LogP contribution is 2.41. The van der Waals surface area contributed by atoms with E-state index < -0.39 is 39.0 Å². The van der Waals surface area contributed by atoms with Crippen LogP contribution in [0, 0.1) is 0 Å². The molecule has 0 saturated heterocycles. The van der Waals surface area contributed by atoms with E-state index in [4.69, 9.17) is 0 Å². The van der Waals surface area contributed by atoms with Crippen LogP contribution < -0.4 is 4.18 Å². The molecule has 12 heteroatoms. The lowest BCUT2D eigenvalue weighted by atomic mass is 9.82. The minimum absolute atomic E-state index is 0.0600. The molecule has 5 nitrogen and oxygen atoms in total. The van der Waals surface area contributed by atoms with Crippen LogP contribution in [0.5, 0.6) is 5.75 Å². The maximum Gasteiger partial charge on any atom is 0.534 e. The third kappa shape index (κ3) is 3.91. The normalized spacial score (nSPS) is 17.9. The van der Waals surface area contributed by atoms with Gasteiger partial charge in [0.25, 0.3) is 0 Å². The number of nitrogens with zero attached hydrogens (tertiary/aromatic N) is 2. The molecule has 1 aromatic heterocycles. The quantitative estimate of drug-likeness (QED) is 0.418. The van der Waals surface area contributed by atoms with Crippen molar-refractivity contribution >= 4 is 10.1 Å². The fourth-order valence-electron chi connectivity index (χ4n) is 2.99. The predicted molar refractivity (Wildman–Crippen MR) is 83.9 cm³/mol. The van der Waals surface area contributed by atoms with Gasteiger partial charge >= 0.3 is 21.8 Å². The minimum Gasteiger partial charge on any atom is -0.376 e. The Bertz CT molecular complexity index is 971. The molecule has 3 rings (SSSR count). The summed E-state index contributed by atoms with van der Waals surface area (Å²) < 4.78 is 103. The first-order valence-electron chi connectivity index (χ1n) is 7.92. The third-order valence-electron chi connectivity index (χ3n) is 4.26. The monoisotopic (exact) mass is 426 g/mol. The van der Waals surface area contributed by atoms with Crippen molar-refractivity contribution in [2.45, 2.75) is 36.9 Å². The SMILES string of the molecule is O=S(=O)(Oc1cccc2c1CCCC2c1ncc(C(F)(F)F)cn1)C(F)(F)F. The molecule has 1 unspecified atom stereocenters. The first-order chi connectivity index (χ1) is 12.9.